The number of nitrogens with one attached hydrogen (secondary N) is 1. The number of rotatable bonds is 13. The summed E-state index contributed by atoms with van der Waals surface area (Å²) in [5, 5.41) is 14.9. The molecular weight excluding hydrogens is 478 g/mol. The van der Waals surface area contributed by atoms with Gasteiger partial charge in [0.1, 0.15) is 6.61 Å². The number of carbonyl (C=O) groups excluding carboxylic acids is 1. The quantitative estimate of drug-likeness (QED) is 0.193. The molecule has 3 rings (SSSR count). The molecule has 37 heavy (non-hydrogen) atoms. The number of hydrogen-bond acceptors (Lipinski definition) is 8. The smallest absolute Gasteiger partial charge is 0.271 e. The van der Waals surface area contributed by atoms with Gasteiger partial charge in [-0.1, -0.05) is 0 Å². The zero-order valence-corrected chi connectivity index (χ0v) is 20.9. The molecule has 1 amide bonds. The molecule has 0 aliphatic rings. The molecule has 3 aromatic rings. The summed E-state index contributed by atoms with van der Waals surface area (Å²) in [6, 6.07) is 16.3. The van der Waals surface area contributed by atoms with Crippen molar-refractivity contribution in [1.29, 1.82) is 0 Å². The summed E-state index contributed by atoms with van der Waals surface area (Å²) < 4.78 is 22.6. The zero-order chi connectivity index (χ0) is 26.6. The Bertz CT molecular complexity index is 1240. The fourth-order valence-corrected chi connectivity index (χ4v) is 3.29. The van der Waals surface area contributed by atoms with Crippen molar-refractivity contribution in [1.82, 2.24) is 5.43 Å². The van der Waals surface area contributed by atoms with Gasteiger partial charge in [-0.25, -0.2) is 5.43 Å². The van der Waals surface area contributed by atoms with Gasteiger partial charge in [-0.3, -0.25) is 14.9 Å². The van der Waals surface area contributed by atoms with Gasteiger partial charge in [-0.2, -0.15) is 5.10 Å². The van der Waals surface area contributed by atoms with E-state index < -0.39 is 10.8 Å². The van der Waals surface area contributed by atoms with Gasteiger partial charge in [0.05, 0.1) is 31.0 Å². The highest BCUT2D eigenvalue weighted by Gasteiger charge is 2.12. The third-order valence-corrected chi connectivity index (χ3v) is 4.99. The molecule has 10 heteroatoms. The zero-order valence-electron chi connectivity index (χ0n) is 20.9. The SMILES string of the molecule is CCOc1ccc(C(=O)N/N=C/c2ccc(OCc3ccc([N+](=O)[O-])cc3)c(OCC)c2)cc1OCC. The number of benzene rings is 3. The Morgan fingerprint density at radius 2 is 1.43 bits per heavy atom. The van der Waals surface area contributed by atoms with E-state index in [1.54, 1.807) is 48.5 Å². The highest BCUT2D eigenvalue weighted by Crippen LogP contribution is 2.30. The van der Waals surface area contributed by atoms with E-state index in [0.717, 1.165) is 5.56 Å². The fraction of sp³-hybridized carbons (Fsp3) is 0.259. The van der Waals surface area contributed by atoms with E-state index in [2.05, 4.69) is 10.5 Å². The van der Waals surface area contributed by atoms with E-state index in [9.17, 15) is 14.9 Å². The van der Waals surface area contributed by atoms with Crippen LogP contribution in [0.5, 0.6) is 23.0 Å². The molecule has 0 unspecified atom stereocenters. The van der Waals surface area contributed by atoms with Gasteiger partial charge in [0.2, 0.25) is 0 Å². The summed E-state index contributed by atoms with van der Waals surface area (Å²) in [7, 11) is 0. The van der Waals surface area contributed by atoms with E-state index in [0.29, 0.717) is 53.9 Å². The summed E-state index contributed by atoms with van der Waals surface area (Å²) in [6.45, 7) is 7.15. The molecule has 0 radical (unpaired) electrons. The Labute approximate surface area is 215 Å². The highest BCUT2D eigenvalue weighted by molar-refractivity contribution is 5.95. The van der Waals surface area contributed by atoms with E-state index >= 15 is 0 Å². The Morgan fingerprint density at radius 3 is 2.08 bits per heavy atom. The number of amides is 1. The lowest BCUT2D eigenvalue weighted by atomic mass is 10.2. The number of nitrogens with zero attached hydrogens (tertiary/aromatic N) is 2. The lowest BCUT2D eigenvalue weighted by Crippen LogP contribution is -2.17. The maximum atomic E-state index is 12.6. The molecule has 0 atom stereocenters. The average Bonchev–Trinajstić information content (AvgIpc) is 2.90. The van der Waals surface area contributed by atoms with Crippen LogP contribution >= 0.6 is 0 Å². The van der Waals surface area contributed by atoms with Crippen molar-refractivity contribution in [2.24, 2.45) is 5.10 Å². The van der Waals surface area contributed by atoms with Gasteiger partial charge in [-0.05, 0) is 80.4 Å². The molecule has 0 saturated heterocycles. The van der Waals surface area contributed by atoms with Crippen LogP contribution < -0.4 is 24.4 Å². The molecule has 0 aromatic heterocycles. The van der Waals surface area contributed by atoms with Crippen LogP contribution in [0.3, 0.4) is 0 Å². The van der Waals surface area contributed by atoms with Crippen LogP contribution in [-0.4, -0.2) is 36.9 Å². The van der Waals surface area contributed by atoms with Crippen LogP contribution in [0.1, 0.15) is 42.3 Å². The molecule has 10 nitrogen and oxygen atoms in total. The van der Waals surface area contributed by atoms with Crippen molar-refractivity contribution in [3.05, 3.63) is 87.5 Å². The number of hydrogen-bond donors (Lipinski definition) is 1. The van der Waals surface area contributed by atoms with Crippen LogP contribution in [0, 0.1) is 10.1 Å². The van der Waals surface area contributed by atoms with Gasteiger partial charge >= 0.3 is 0 Å². The summed E-state index contributed by atoms with van der Waals surface area (Å²) in [4.78, 5) is 22.9. The van der Waals surface area contributed by atoms with Gasteiger partial charge < -0.3 is 18.9 Å². The lowest BCUT2D eigenvalue weighted by molar-refractivity contribution is -0.384. The predicted octanol–water partition coefficient (Wildman–Crippen LogP) is 5.13. The minimum Gasteiger partial charge on any atom is -0.490 e. The fourth-order valence-electron chi connectivity index (χ4n) is 3.29. The molecule has 0 aliphatic carbocycles. The van der Waals surface area contributed by atoms with Crippen molar-refractivity contribution in [2.45, 2.75) is 27.4 Å². The second-order valence-corrected chi connectivity index (χ2v) is 7.58. The molecule has 194 valence electrons. The first-order valence-electron chi connectivity index (χ1n) is 11.8. The van der Waals surface area contributed by atoms with E-state index in [-0.39, 0.29) is 12.3 Å². The Balaban J connectivity index is 1.65. The molecular formula is C27H29N3O7. The highest BCUT2D eigenvalue weighted by atomic mass is 16.6. The monoisotopic (exact) mass is 507 g/mol. The van der Waals surface area contributed by atoms with Crippen LogP contribution in [0.15, 0.2) is 65.8 Å². The Hall–Kier alpha value is -4.60. The van der Waals surface area contributed by atoms with Gasteiger partial charge in [0, 0.05) is 17.7 Å². The number of non-ortho nitro benzene ring substituents is 1. The van der Waals surface area contributed by atoms with Crippen LogP contribution in [-0.2, 0) is 6.61 Å². The second kappa shape index (κ2) is 13.5. The third-order valence-electron chi connectivity index (χ3n) is 4.99. The average molecular weight is 508 g/mol. The predicted molar refractivity (Wildman–Crippen MR) is 139 cm³/mol. The summed E-state index contributed by atoms with van der Waals surface area (Å²) in [5.74, 6) is 1.69. The van der Waals surface area contributed by atoms with Crippen molar-refractivity contribution < 1.29 is 28.7 Å². The molecule has 0 saturated carbocycles. The Morgan fingerprint density at radius 1 is 0.838 bits per heavy atom. The first-order chi connectivity index (χ1) is 17.9. The van der Waals surface area contributed by atoms with Crippen molar-refractivity contribution in [3.63, 3.8) is 0 Å². The second-order valence-electron chi connectivity index (χ2n) is 7.58. The van der Waals surface area contributed by atoms with Crippen LogP contribution in [0.2, 0.25) is 0 Å². The van der Waals surface area contributed by atoms with E-state index in [1.165, 1.54) is 18.3 Å². The molecule has 0 bridgehead atoms. The first kappa shape index (κ1) is 27.0. The molecule has 0 aliphatic heterocycles. The standard InChI is InChI=1S/C27H29N3O7/c1-4-34-23-14-10-21(16-26(23)36-6-3)27(31)29-28-17-20-9-13-24(25(15-20)35-5-2)37-18-19-7-11-22(12-8-19)30(32)33/h7-17H,4-6,18H2,1-3H3,(H,29,31)/b28-17+. The largest absolute Gasteiger partial charge is 0.490 e. The summed E-state index contributed by atoms with van der Waals surface area (Å²) >= 11 is 0. The number of nitro groups is 1. The number of nitro benzene ring substituents is 1. The lowest BCUT2D eigenvalue weighted by Gasteiger charge is -2.13. The van der Waals surface area contributed by atoms with E-state index in [1.807, 2.05) is 20.8 Å². The minimum absolute atomic E-state index is 0.0201. The van der Waals surface area contributed by atoms with Gasteiger partial charge in [-0.15, -0.1) is 0 Å². The van der Waals surface area contributed by atoms with Crippen molar-refractivity contribution >= 4 is 17.8 Å². The molecule has 3 aromatic carbocycles. The number of carbonyl (C=O) groups is 1. The van der Waals surface area contributed by atoms with E-state index in [4.69, 9.17) is 18.9 Å². The summed E-state index contributed by atoms with van der Waals surface area (Å²) in [5.41, 5.74) is 4.38. The van der Waals surface area contributed by atoms with Crippen LogP contribution in [0.25, 0.3) is 0 Å². The molecule has 0 fully saturated rings. The maximum absolute atomic E-state index is 12.6. The molecule has 0 heterocycles. The maximum Gasteiger partial charge on any atom is 0.271 e. The minimum atomic E-state index is -0.448. The number of ether oxygens (including phenoxy) is 4. The summed E-state index contributed by atoms with van der Waals surface area (Å²) in [6.07, 6.45) is 1.50. The molecule has 0 spiro atoms. The molecule has 1 N–H and O–H groups in total. The van der Waals surface area contributed by atoms with Crippen molar-refractivity contribution in [3.8, 4) is 23.0 Å². The van der Waals surface area contributed by atoms with Gasteiger partial charge in [0.15, 0.2) is 23.0 Å². The van der Waals surface area contributed by atoms with Gasteiger partial charge in [0.25, 0.3) is 11.6 Å². The topological polar surface area (TPSA) is 122 Å². The third kappa shape index (κ3) is 7.69. The Kier molecular flexibility index (Phi) is 9.83. The first-order valence-corrected chi connectivity index (χ1v) is 11.8. The normalized spacial score (nSPS) is 10.7. The van der Waals surface area contributed by atoms with Crippen molar-refractivity contribution in [2.75, 3.05) is 19.8 Å². The number of hydrazone groups is 1. The van der Waals surface area contributed by atoms with Crippen LogP contribution in [0.4, 0.5) is 5.69 Å².